The molecule has 2 rings (SSSR count). The van der Waals surface area contributed by atoms with E-state index in [0.717, 1.165) is 4.57 Å². The second kappa shape index (κ2) is 6.29. The highest BCUT2D eigenvalue weighted by molar-refractivity contribution is 5.37. The van der Waals surface area contributed by atoms with Gasteiger partial charge in [0.2, 0.25) is 0 Å². The van der Waals surface area contributed by atoms with Crippen LogP contribution in [0.3, 0.4) is 0 Å². The van der Waals surface area contributed by atoms with Crippen LogP contribution in [0.2, 0.25) is 0 Å². The van der Waals surface area contributed by atoms with Crippen LogP contribution in [0.1, 0.15) is 11.8 Å². The number of ether oxygens (including phenoxy) is 1. The lowest BCUT2D eigenvalue weighted by molar-refractivity contribution is -0.0528. The van der Waals surface area contributed by atoms with Crippen LogP contribution in [0.15, 0.2) is 22.9 Å². The standard InChI is InChI=1S/C12H15F2N3O4/c13-2-1-6-4-17(12(20)16-10(6)15)11-9(19)7(3-14)8(5-18)21-11/h3-4,8-9,11,18-19H,1-2,5H2,(H2,15,16,20)/b7-3-. The van der Waals surface area contributed by atoms with Gasteiger partial charge in [0.05, 0.1) is 19.6 Å². The topological polar surface area (TPSA) is 111 Å². The lowest BCUT2D eigenvalue weighted by atomic mass is 10.1. The van der Waals surface area contributed by atoms with Crippen molar-refractivity contribution in [1.29, 1.82) is 0 Å². The Kier molecular flexibility index (Phi) is 4.66. The normalized spacial score (nSPS) is 27.4. The second-order valence-corrected chi connectivity index (χ2v) is 4.53. The number of rotatable bonds is 4. The first-order valence-corrected chi connectivity index (χ1v) is 6.21. The molecule has 1 aliphatic rings. The van der Waals surface area contributed by atoms with Crippen molar-refractivity contribution in [3.63, 3.8) is 0 Å². The summed E-state index contributed by atoms with van der Waals surface area (Å²) in [4.78, 5) is 15.4. The van der Waals surface area contributed by atoms with Crippen LogP contribution in [0, 0.1) is 0 Å². The molecular weight excluding hydrogens is 288 g/mol. The van der Waals surface area contributed by atoms with E-state index < -0.39 is 37.4 Å². The predicted octanol–water partition coefficient (Wildman–Crippen LogP) is -0.559. The van der Waals surface area contributed by atoms with E-state index in [0.29, 0.717) is 0 Å². The van der Waals surface area contributed by atoms with Crippen LogP contribution in [0.25, 0.3) is 0 Å². The third-order valence-electron chi connectivity index (χ3n) is 3.28. The number of anilines is 1. The predicted molar refractivity (Wildman–Crippen MR) is 68.8 cm³/mol. The molecule has 116 valence electrons. The zero-order chi connectivity index (χ0) is 15.6. The minimum atomic E-state index is -1.46. The van der Waals surface area contributed by atoms with E-state index in [4.69, 9.17) is 15.6 Å². The van der Waals surface area contributed by atoms with E-state index in [1.54, 1.807) is 0 Å². The van der Waals surface area contributed by atoms with Gasteiger partial charge in [0.15, 0.2) is 6.23 Å². The summed E-state index contributed by atoms with van der Waals surface area (Å²) in [7, 11) is 0. The summed E-state index contributed by atoms with van der Waals surface area (Å²) >= 11 is 0. The van der Waals surface area contributed by atoms with Crippen molar-refractivity contribution >= 4 is 5.82 Å². The number of hydrogen-bond acceptors (Lipinski definition) is 6. The Bertz CT molecular complexity index is 605. The maximum Gasteiger partial charge on any atom is 0.351 e. The molecule has 0 amide bonds. The Morgan fingerprint density at radius 3 is 2.81 bits per heavy atom. The minimum absolute atomic E-state index is 0.0584. The van der Waals surface area contributed by atoms with Crippen LogP contribution in [0.5, 0.6) is 0 Å². The van der Waals surface area contributed by atoms with Crippen molar-refractivity contribution in [2.75, 3.05) is 19.0 Å². The highest BCUT2D eigenvalue weighted by Gasteiger charge is 2.40. The van der Waals surface area contributed by atoms with Crippen molar-refractivity contribution in [3.05, 3.63) is 34.1 Å². The van der Waals surface area contributed by atoms with E-state index in [-0.39, 0.29) is 29.7 Å². The first-order chi connectivity index (χ1) is 10.0. The number of aryl methyl sites for hydroxylation is 1. The lowest BCUT2D eigenvalue weighted by Gasteiger charge is -2.18. The lowest BCUT2D eigenvalue weighted by Crippen LogP contribution is -2.33. The van der Waals surface area contributed by atoms with Gasteiger partial charge in [-0.15, -0.1) is 0 Å². The molecular formula is C12H15F2N3O4. The average molecular weight is 303 g/mol. The van der Waals surface area contributed by atoms with Gasteiger partial charge in [-0.3, -0.25) is 8.96 Å². The van der Waals surface area contributed by atoms with Crippen molar-refractivity contribution < 1.29 is 23.7 Å². The molecule has 7 nitrogen and oxygen atoms in total. The van der Waals surface area contributed by atoms with E-state index >= 15 is 0 Å². The molecule has 3 atom stereocenters. The Labute approximate surface area is 118 Å². The maximum atomic E-state index is 12.8. The Morgan fingerprint density at radius 2 is 2.29 bits per heavy atom. The number of nitrogen functional groups attached to an aromatic ring is 1. The highest BCUT2D eigenvalue weighted by atomic mass is 19.1. The van der Waals surface area contributed by atoms with Gasteiger partial charge in [-0.1, -0.05) is 0 Å². The van der Waals surface area contributed by atoms with Gasteiger partial charge < -0.3 is 20.7 Å². The van der Waals surface area contributed by atoms with Crippen molar-refractivity contribution in [2.24, 2.45) is 0 Å². The van der Waals surface area contributed by atoms with Crippen molar-refractivity contribution in [1.82, 2.24) is 9.55 Å². The summed E-state index contributed by atoms with van der Waals surface area (Å²) < 4.78 is 31.3. The van der Waals surface area contributed by atoms with Crippen molar-refractivity contribution in [2.45, 2.75) is 24.9 Å². The van der Waals surface area contributed by atoms with Gasteiger partial charge >= 0.3 is 5.69 Å². The largest absolute Gasteiger partial charge is 0.393 e. The van der Waals surface area contributed by atoms with Gasteiger partial charge in [0.25, 0.3) is 0 Å². The van der Waals surface area contributed by atoms with Crippen LogP contribution >= 0.6 is 0 Å². The Morgan fingerprint density at radius 1 is 1.57 bits per heavy atom. The van der Waals surface area contributed by atoms with Gasteiger partial charge in [-0.05, 0) is 0 Å². The van der Waals surface area contributed by atoms with Gasteiger partial charge in [0, 0.05) is 23.8 Å². The molecule has 1 aromatic rings. The van der Waals surface area contributed by atoms with E-state index in [9.17, 15) is 18.7 Å². The summed E-state index contributed by atoms with van der Waals surface area (Å²) in [6, 6.07) is 0. The maximum absolute atomic E-state index is 12.8. The first kappa shape index (κ1) is 15.5. The van der Waals surface area contributed by atoms with Gasteiger partial charge in [-0.2, -0.15) is 4.98 Å². The zero-order valence-electron chi connectivity index (χ0n) is 10.9. The fraction of sp³-hybridized carbons (Fsp3) is 0.500. The molecule has 9 heteroatoms. The third kappa shape index (κ3) is 2.80. The average Bonchev–Trinajstić information content (AvgIpc) is 2.78. The highest BCUT2D eigenvalue weighted by Crippen LogP contribution is 2.32. The molecule has 1 fully saturated rings. The monoisotopic (exact) mass is 303 g/mol. The molecule has 0 spiro atoms. The number of hydrogen-bond donors (Lipinski definition) is 3. The smallest absolute Gasteiger partial charge is 0.351 e. The minimum Gasteiger partial charge on any atom is -0.393 e. The SMILES string of the molecule is Nc1nc(=O)n(C2OC(CO)/C(=C/F)C2O)cc1CCF. The van der Waals surface area contributed by atoms with Crippen LogP contribution in [0.4, 0.5) is 14.6 Å². The number of aliphatic hydroxyl groups is 2. The number of nitrogens with two attached hydrogens (primary N) is 1. The van der Waals surface area contributed by atoms with E-state index in [1.807, 2.05) is 0 Å². The summed E-state index contributed by atoms with van der Waals surface area (Å²) in [6.07, 6.45) is -2.50. The fourth-order valence-electron chi connectivity index (χ4n) is 2.18. The third-order valence-corrected chi connectivity index (χ3v) is 3.28. The Balaban J connectivity index is 2.42. The molecule has 1 aromatic heterocycles. The summed E-state index contributed by atoms with van der Waals surface area (Å²) in [5, 5.41) is 19.1. The molecule has 2 heterocycles. The number of nitrogens with zero attached hydrogens (tertiary/aromatic N) is 2. The molecule has 3 unspecified atom stereocenters. The van der Waals surface area contributed by atoms with E-state index in [2.05, 4.69) is 4.98 Å². The van der Waals surface area contributed by atoms with Crippen molar-refractivity contribution in [3.8, 4) is 0 Å². The van der Waals surface area contributed by atoms with Crippen LogP contribution in [-0.2, 0) is 11.2 Å². The Hall–Kier alpha value is -1.84. The molecule has 0 saturated carbocycles. The zero-order valence-corrected chi connectivity index (χ0v) is 10.9. The number of halogens is 2. The first-order valence-electron chi connectivity index (χ1n) is 6.21. The summed E-state index contributed by atoms with van der Waals surface area (Å²) in [5.41, 5.74) is 4.78. The molecule has 21 heavy (non-hydrogen) atoms. The molecule has 1 saturated heterocycles. The molecule has 0 radical (unpaired) electrons. The number of alkyl halides is 1. The fourth-order valence-corrected chi connectivity index (χ4v) is 2.18. The summed E-state index contributed by atoms with van der Waals surface area (Å²) in [5.74, 6) is -0.110. The second-order valence-electron chi connectivity index (χ2n) is 4.53. The molecule has 0 aliphatic carbocycles. The van der Waals surface area contributed by atoms with Gasteiger partial charge in [-0.25, -0.2) is 9.18 Å². The van der Waals surface area contributed by atoms with Gasteiger partial charge in [0.1, 0.15) is 18.0 Å². The van der Waals surface area contributed by atoms with Crippen LogP contribution < -0.4 is 11.4 Å². The number of aromatic nitrogens is 2. The molecule has 0 aromatic carbocycles. The molecule has 0 bridgehead atoms. The molecule has 4 N–H and O–H groups in total. The quantitative estimate of drug-likeness (QED) is 0.688. The summed E-state index contributed by atoms with van der Waals surface area (Å²) in [6.45, 7) is -1.26. The van der Waals surface area contributed by atoms with E-state index in [1.165, 1.54) is 6.20 Å². The van der Waals surface area contributed by atoms with Crippen LogP contribution in [-0.4, -0.2) is 45.3 Å². The molecule has 1 aliphatic heterocycles. The number of aliphatic hydroxyl groups excluding tert-OH is 2.